The number of rotatable bonds is 4. The lowest BCUT2D eigenvalue weighted by atomic mass is 10.1. The zero-order chi connectivity index (χ0) is 16.3. The largest absolute Gasteiger partial charge is 0.469 e. The molecule has 0 aliphatic heterocycles. The Hall–Kier alpha value is -2.63. The van der Waals surface area contributed by atoms with E-state index in [1.807, 2.05) is 0 Å². The summed E-state index contributed by atoms with van der Waals surface area (Å²) in [6, 6.07) is 8.46. The number of ether oxygens (including phenoxy) is 1. The Balaban J connectivity index is 2.27. The monoisotopic (exact) mass is 303 g/mol. The number of fused-ring (bicyclic) bond motifs is 1. The fourth-order valence-electron chi connectivity index (χ4n) is 2.19. The quantitative estimate of drug-likeness (QED) is 0.634. The summed E-state index contributed by atoms with van der Waals surface area (Å²) in [6.45, 7) is 1.80. The molecule has 0 saturated carbocycles. The van der Waals surface area contributed by atoms with Crippen LogP contribution in [0.15, 0.2) is 39.5 Å². The average Bonchev–Trinajstić information content (AvgIpc) is 2.52. The molecule has 1 aromatic carbocycles. The molecule has 1 atom stereocenters. The molecule has 0 bridgehead atoms. The maximum absolute atomic E-state index is 12.4. The zero-order valence-electron chi connectivity index (χ0n) is 12.7. The van der Waals surface area contributed by atoms with Crippen molar-refractivity contribution in [3.8, 4) is 0 Å². The van der Waals surface area contributed by atoms with Gasteiger partial charge < -0.3 is 14.1 Å². The van der Waals surface area contributed by atoms with E-state index in [-0.39, 0.29) is 12.1 Å². The molecule has 0 N–H and O–H groups in total. The number of carbonyl (C=O) groups is 2. The van der Waals surface area contributed by atoms with Gasteiger partial charge in [0.25, 0.3) is 5.91 Å². The number of hydrogen-bond acceptors (Lipinski definition) is 5. The topological polar surface area (TPSA) is 76.8 Å². The van der Waals surface area contributed by atoms with E-state index in [2.05, 4.69) is 4.74 Å². The molecule has 0 saturated heterocycles. The molecule has 1 heterocycles. The lowest BCUT2D eigenvalue weighted by Crippen LogP contribution is -2.36. The number of esters is 1. The van der Waals surface area contributed by atoms with Gasteiger partial charge in [0, 0.05) is 19.0 Å². The van der Waals surface area contributed by atoms with Crippen LogP contribution in [0.25, 0.3) is 11.0 Å². The van der Waals surface area contributed by atoms with Gasteiger partial charge in [-0.3, -0.25) is 9.59 Å². The summed E-state index contributed by atoms with van der Waals surface area (Å²) in [5, 5.41) is 0.667. The maximum atomic E-state index is 12.4. The van der Waals surface area contributed by atoms with E-state index in [1.54, 1.807) is 31.2 Å². The fourth-order valence-corrected chi connectivity index (χ4v) is 2.19. The van der Waals surface area contributed by atoms with E-state index >= 15 is 0 Å². The van der Waals surface area contributed by atoms with Gasteiger partial charge in [0.2, 0.25) is 0 Å². The van der Waals surface area contributed by atoms with Crippen LogP contribution in [0, 0.1) is 5.92 Å². The normalized spacial score (nSPS) is 12.0. The Labute approximate surface area is 127 Å². The molecular formula is C16H17NO5. The Morgan fingerprint density at radius 1 is 1.32 bits per heavy atom. The highest BCUT2D eigenvalue weighted by atomic mass is 16.5. The third-order valence-corrected chi connectivity index (χ3v) is 3.37. The van der Waals surface area contributed by atoms with Gasteiger partial charge >= 0.3 is 11.6 Å². The molecule has 0 spiro atoms. The Kier molecular flexibility index (Phi) is 4.60. The first-order valence-electron chi connectivity index (χ1n) is 6.80. The molecular weight excluding hydrogens is 286 g/mol. The first-order chi connectivity index (χ1) is 10.4. The molecule has 0 aliphatic rings. The van der Waals surface area contributed by atoms with Crippen LogP contribution in [0.5, 0.6) is 0 Å². The molecule has 0 fully saturated rings. The van der Waals surface area contributed by atoms with Crippen molar-refractivity contribution in [2.75, 3.05) is 20.7 Å². The van der Waals surface area contributed by atoms with Crippen molar-refractivity contribution in [2.24, 2.45) is 5.92 Å². The lowest BCUT2D eigenvalue weighted by Gasteiger charge is -2.19. The van der Waals surface area contributed by atoms with Crippen LogP contribution in [0.4, 0.5) is 0 Å². The van der Waals surface area contributed by atoms with Crippen molar-refractivity contribution in [1.29, 1.82) is 0 Å². The number of methoxy groups -OCH3 is 1. The van der Waals surface area contributed by atoms with Crippen LogP contribution in [-0.4, -0.2) is 37.5 Å². The van der Waals surface area contributed by atoms with E-state index in [1.165, 1.54) is 25.1 Å². The number of amides is 1. The van der Waals surface area contributed by atoms with Gasteiger partial charge in [-0.15, -0.1) is 0 Å². The SMILES string of the molecule is COC(=O)C(C)CN(C)C(=O)c1cc2ccccc2oc1=O. The van der Waals surface area contributed by atoms with E-state index in [0.717, 1.165) is 0 Å². The second-order valence-electron chi connectivity index (χ2n) is 5.10. The highest BCUT2D eigenvalue weighted by Crippen LogP contribution is 2.14. The van der Waals surface area contributed by atoms with Crippen molar-refractivity contribution in [1.82, 2.24) is 4.90 Å². The molecule has 6 heteroatoms. The van der Waals surface area contributed by atoms with Crippen LogP contribution in [0.3, 0.4) is 0 Å². The van der Waals surface area contributed by atoms with Gasteiger partial charge in [0.05, 0.1) is 13.0 Å². The standard InChI is InChI=1S/C16H17NO5/c1-10(15(19)21-3)9-17(2)14(18)12-8-11-6-4-5-7-13(11)22-16(12)20/h4-8,10H,9H2,1-3H3. The van der Waals surface area contributed by atoms with Gasteiger partial charge in [0.15, 0.2) is 0 Å². The minimum atomic E-state index is -0.693. The molecule has 116 valence electrons. The number of hydrogen-bond donors (Lipinski definition) is 0. The van der Waals surface area contributed by atoms with Gasteiger partial charge in [-0.25, -0.2) is 4.79 Å². The molecule has 0 aliphatic carbocycles. The van der Waals surface area contributed by atoms with Crippen molar-refractivity contribution in [3.05, 3.63) is 46.3 Å². The first-order valence-corrected chi connectivity index (χ1v) is 6.80. The van der Waals surface area contributed by atoms with Crippen LogP contribution in [-0.2, 0) is 9.53 Å². The van der Waals surface area contributed by atoms with Gasteiger partial charge in [0.1, 0.15) is 11.1 Å². The predicted molar refractivity (Wildman–Crippen MR) is 80.6 cm³/mol. The Morgan fingerprint density at radius 2 is 2.00 bits per heavy atom. The Morgan fingerprint density at radius 3 is 2.68 bits per heavy atom. The van der Waals surface area contributed by atoms with Crippen LogP contribution in [0.1, 0.15) is 17.3 Å². The highest BCUT2D eigenvalue weighted by Gasteiger charge is 2.22. The second-order valence-corrected chi connectivity index (χ2v) is 5.10. The number of benzene rings is 1. The predicted octanol–water partition coefficient (Wildman–Crippen LogP) is 1.67. The lowest BCUT2D eigenvalue weighted by molar-refractivity contribution is -0.145. The van der Waals surface area contributed by atoms with Crippen molar-refractivity contribution in [2.45, 2.75) is 6.92 Å². The number of nitrogens with zero attached hydrogens (tertiary/aromatic N) is 1. The summed E-state index contributed by atoms with van der Waals surface area (Å²) in [7, 11) is 2.81. The zero-order valence-corrected chi connectivity index (χ0v) is 12.7. The van der Waals surface area contributed by atoms with E-state index in [4.69, 9.17) is 4.42 Å². The van der Waals surface area contributed by atoms with Crippen LogP contribution >= 0.6 is 0 Å². The van der Waals surface area contributed by atoms with Crippen molar-refractivity contribution < 1.29 is 18.7 Å². The molecule has 0 radical (unpaired) electrons. The summed E-state index contributed by atoms with van der Waals surface area (Å²) >= 11 is 0. The van der Waals surface area contributed by atoms with Gasteiger partial charge in [-0.2, -0.15) is 0 Å². The third-order valence-electron chi connectivity index (χ3n) is 3.37. The number of para-hydroxylation sites is 1. The first kappa shape index (κ1) is 15.8. The summed E-state index contributed by atoms with van der Waals surface area (Å²) in [5.74, 6) is -1.38. The van der Waals surface area contributed by atoms with Crippen molar-refractivity contribution in [3.63, 3.8) is 0 Å². The minimum absolute atomic E-state index is 0.0572. The third kappa shape index (κ3) is 3.16. The van der Waals surface area contributed by atoms with E-state index in [9.17, 15) is 14.4 Å². The molecule has 1 unspecified atom stereocenters. The molecule has 22 heavy (non-hydrogen) atoms. The smallest absolute Gasteiger partial charge is 0.349 e. The molecule has 1 aromatic heterocycles. The fraction of sp³-hybridized carbons (Fsp3) is 0.312. The average molecular weight is 303 g/mol. The van der Waals surface area contributed by atoms with E-state index < -0.39 is 23.4 Å². The molecule has 2 aromatic rings. The van der Waals surface area contributed by atoms with Crippen LogP contribution in [0.2, 0.25) is 0 Å². The van der Waals surface area contributed by atoms with Gasteiger partial charge in [-0.05, 0) is 12.1 Å². The summed E-state index contributed by atoms with van der Waals surface area (Å²) in [4.78, 5) is 37.0. The molecule has 1 amide bonds. The van der Waals surface area contributed by atoms with Crippen LogP contribution < -0.4 is 5.63 Å². The second kappa shape index (κ2) is 6.43. The summed E-state index contributed by atoms with van der Waals surface area (Å²) in [6.07, 6.45) is 0. The van der Waals surface area contributed by atoms with Gasteiger partial charge in [-0.1, -0.05) is 25.1 Å². The van der Waals surface area contributed by atoms with Crippen molar-refractivity contribution >= 4 is 22.8 Å². The molecule has 2 rings (SSSR count). The Bertz CT molecular complexity index is 764. The minimum Gasteiger partial charge on any atom is -0.469 e. The number of carbonyl (C=O) groups excluding carboxylic acids is 2. The maximum Gasteiger partial charge on any atom is 0.349 e. The summed E-state index contributed by atoms with van der Waals surface area (Å²) in [5.41, 5.74) is -0.325. The summed E-state index contributed by atoms with van der Waals surface area (Å²) < 4.78 is 9.77. The van der Waals surface area contributed by atoms with E-state index in [0.29, 0.717) is 11.0 Å². The highest BCUT2D eigenvalue weighted by molar-refractivity contribution is 5.96. The molecule has 6 nitrogen and oxygen atoms in total.